The predicted molar refractivity (Wildman–Crippen MR) is 155 cm³/mol. The molecule has 1 saturated carbocycles. The molecule has 1 amide bonds. The SMILES string of the molecule is COc1cc(C)c(S(=O)(=O)N(Cc2cc(C(=O)NCCc3ccc(CN4CCC(O)C4)cc3)co2)C2CC2)c(C)c1. The van der Waals surface area contributed by atoms with Gasteiger partial charge < -0.3 is 19.6 Å². The van der Waals surface area contributed by atoms with Crippen molar-refractivity contribution in [2.75, 3.05) is 26.7 Å². The number of ether oxygens (including phenoxy) is 1. The minimum atomic E-state index is -3.79. The third kappa shape index (κ3) is 7.01. The number of furan rings is 1. The molecule has 0 spiro atoms. The van der Waals surface area contributed by atoms with Crippen LogP contribution in [0.3, 0.4) is 0 Å². The summed E-state index contributed by atoms with van der Waals surface area (Å²) in [6.45, 7) is 6.55. The Morgan fingerprint density at radius 3 is 2.39 bits per heavy atom. The summed E-state index contributed by atoms with van der Waals surface area (Å²) in [6, 6.07) is 13.3. The molecule has 2 heterocycles. The van der Waals surface area contributed by atoms with E-state index in [4.69, 9.17) is 9.15 Å². The standard InChI is InChI=1S/C31H39N3O6S/c1-21-14-28(39-3)15-22(2)30(21)41(37,38)34(26-8-9-26)19-29-16-25(20-40-29)31(36)32-12-10-23-4-6-24(7-5-23)17-33-13-11-27(35)18-33/h4-7,14-16,20,26-27,35H,8-13,17-19H2,1-3H3,(H,32,36). The summed E-state index contributed by atoms with van der Waals surface area (Å²) in [5.41, 5.74) is 3.96. The second kappa shape index (κ2) is 12.4. The van der Waals surface area contributed by atoms with Crippen molar-refractivity contribution in [3.05, 3.63) is 82.3 Å². The topological polar surface area (TPSA) is 112 Å². The smallest absolute Gasteiger partial charge is 0.254 e. The van der Waals surface area contributed by atoms with E-state index in [0.717, 1.165) is 44.5 Å². The number of rotatable bonds is 12. The van der Waals surface area contributed by atoms with Crippen LogP contribution in [0.25, 0.3) is 0 Å². The van der Waals surface area contributed by atoms with Crippen LogP contribution in [0.15, 0.2) is 58.0 Å². The third-order valence-corrected chi connectivity index (χ3v) is 10.00. The summed E-state index contributed by atoms with van der Waals surface area (Å²) in [6.07, 6.45) is 4.27. The van der Waals surface area contributed by atoms with Gasteiger partial charge in [0.1, 0.15) is 17.8 Å². The maximum atomic E-state index is 13.7. The molecule has 10 heteroatoms. The van der Waals surface area contributed by atoms with Gasteiger partial charge in [0.25, 0.3) is 5.91 Å². The molecule has 1 aliphatic carbocycles. The van der Waals surface area contributed by atoms with Gasteiger partial charge in [-0.25, -0.2) is 8.42 Å². The fourth-order valence-electron chi connectivity index (χ4n) is 5.51. The van der Waals surface area contributed by atoms with Crippen molar-refractivity contribution in [2.24, 2.45) is 0 Å². The first-order valence-corrected chi connectivity index (χ1v) is 15.6. The lowest BCUT2D eigenvalue weighted by atomic mass is 10.1. The Hall–Kier alpha value is -3.18. The number of nitrogens with one attached hydrogen (secondary N) is 1. The molecule has 1 saturated heterocycles. The van der Waals surface area contributed by atoms with Crippen LogP contribution in [0.2, 0.25) is 0 Å². The number of hydrogen-bond acceptors (Lipinski definition) is 7. The number of aliphatic hydroxyl groups is 1. The third-order valence-electron chi connectivity index (χ3n) is 7.79. The largest absolute Gasteiger partial charge is 0.497 e. The van der Waals surface area contributed by atoms with Crippen LogP contribution in [-0.4, -0.2) is 67.5 Å². The highest BCUT2D eigenvalue weighted by atomic mass is 32.2. The van der Waals surface area contributed by atoms with Gasteiger partial charge in [-0.15, -0.1) is 0 Å². The van der Waals surface area contributed by atoms with E-state index >= 15 is 0 Å². The van der Waals surface area contributed by atoms with Gasteiger partial charge in [0.2, 0.25) is 10.0 Å². The number of β-amino-alcohol motifs (C(OH)–C–C–N with tert-alkyl or cyclic N) is 1. The van der Waals surface area contributed by atoms with E-state index in [1.807, 2.05) is 0 Å². The highest BCUT2D eigenvalue weighted by Crippen LogP contribution is 2.36. The lowest BCUT2D eigenvalue weighted by Gasteiger charge is -2.23. The van der Waals surface area contributed by atoms with Crippen LogP contribution in [0.5, 0.6) is 5.75 Å². The number of likely N-dealkylation sites (tertiary alicyclic amines) is 1. The van der Waals surface area contributed by atoms with Gasteiger partial charge in [0.15, 0.2) is 0 Å². The van der Waals surface area contributed by atoms with Crippen molar-refractivity contribution in [2.45, 2.75) is 69.7 Å². The Morgan fingerprint density at radius 2 is 1.78 bits per heavy atom. The zero-order chi connectivity index (χ0) is 29.1. The first kappa shape index (κ1) is 29.3. The number of aliphatic hydroxyl groups excluding tert-OH is 1. The van der Waals surface area contributed by atoms with Gasteiger partial charge in [-0.1, -0.05) is 24.3 Å². The minimum Gasteiger partial charge on any atom is -0.497 e. The van der Waals surface area contributed by atoms with E-state index in [2.05, 4.69) is 34.5 Å². The quantitative estimate of drug-likeness (QED) is 0.335. The monoisotopic (exact) mass is 581 g/mol. The molecule has 2 N–H and O–H groups in total. The molecule has 2 fully saturated rings. The van der Waals surface area contributed by atoms with Crippen LogP contribution in [-0.2, 0) is 29.5 Å². The Kier molecular flexibility index (Phi) is 8.84. The van der Waals surface area contributed by atoms with E-state index < -0.39 is 10.0 Å². The second-order valence-corrected chi connectivity index (χ2v) is 13.0. The Labute approximate surface area is 242 Å². The molecule has 41 heavy (non-hydrogen) atoms. The van der Waals surface area contributed by atoms with Gasteiger partial charge in [-0.2, -0.15) is 4.31 Å². The summed E-state index contributed by atoms with van der Waals surface area (Å²) < 4.78 is 39.9. The van der Waals surface area contributed by atoms with Gasteiger partial charge in [0.05, 0.1) is 30.2 Å². The van der Waals surface area contributed by atoms with Crippen LogP contribution < -0.4 is 10.1 Å². The first-order valence-electron chi connectivity index (χ1n) is 14.1. The zero-order valence-corrected chi connectivity index (χ0v) is 24.7. The lowest BCUT2D eigenvalue weighted by molar-refractivity contribution is 0.0953. The average Bonchev–Trinajstić information content (AvgIpc) is 3.51. The Balaban J connectivity index is 1.17. The normalized spacial score (nSPS) is 17.7. The number of methoxy groups -OCH3 is 1. The predicted octanol–water partition coefficient (Wildman–Crippen LogP) is 3.80. The van der Waals surface area contributed by atoms with Crippen molar-refractivity contribution >= 4 is 15.9 Å². The lowest BCUT2D eigenvalue weighted by Crippen LogP contribution is -2.33. The summed E-state index contributed by atoms with van der Waals surface area (Å²) in [7, 11) is -2.23. The van der Waals surface area contributed by atoms with E-state index in [1.165, 1.54) is 16.1 Å². The second-order valence-electron chi connectivity index (χ2n) is 11.2. The molecule has 1 aromatic heterocycles. The molecule has 2 aromatic carbocycles. The van der Waals surface area contributed by atoms with Crippen LogP contribution in [0.4, 0.5) is 0 Å². The summed E-state index contributed by atoms with van der Waals surface area (Å²) in [5.74, 6) is 0.789. The Bertz CT molecular complexity index is 1460. The van der Waals surface area contributed by atoms with Crippen LogP contribution in [0.1, 0.15) is 57.6 Å². The maximum absolute atomic E-state index is 13.7. The number of amides is 1. The summed E-state index contributed by atoms with van der Waals surface area (Å²) in [5, 5.41) is 12.6. The molecule has 1 atom stereocenters. The number of carbonyl (C=O) groups excluding carboxylic acids is 1. The van der Waals surface area contributed by atoms with Crippen molar-refractivity contribution in [3.8, 4) is 5.75 Å². The molecule has 220 valence electrons. The van der Waals surface area contributed by atoms with Gasteiger partial charge >= 0.3 is 0 Å². The molecule has 2 aliphatic rings. The summed E-state index contributed by atoms with van der Waals surface area (Å²) in [4.78, 5) is 15.3. The van der Waals surface area contributed by atoms with Crippen LogP contribution in [0, 0.1) is 13.8 Å². The van der Waals surface area contributed by atoms with E-state index in [9.17, 15) is 18.3 Å². The first-order chi connectivity index (χ1) is 19.6. The van der Waals surface area contributed by atoms with E-state index in [1.54, 1.807) is 39.2 Å². The summed E-state index contributed by atoms with van der Waals surface area (Å²) >= 11 is 0. The molecule has 5 rings (SSSR count). The fraction of sp³-hybridized carbons (Fsp3) is 0.452. The minimum absolute atomic E-state index is 0.0634. The van der Waals surface area contributed by atoms with Crippen molar-refractivity contribution in [3.63, 3.8) is 0 Å². The number of sulfonamides is 1. The number of hydrogen-bond donors (Lipinski definition) is 2. The number of benzene rings is 2. The maximum Gasteiger partial charge on any atom is 0.254 e. The molecule has 3 aromatic rings. The molecule has 9 nitrogen and oxygen atoms in total. The van der Waals surface area contributed by atoms with Crippen molar-refractivity contribution in [1.82, 2.24) is 14.5 Å². The van der Waals surface area contributed by atoms with Gasteiger partial charge in [-0.3, -0.25) is 9.69 Å². The van der Waals surface area contributed by atoms with E-state index in [0.29, 0.717) is 41.2 Å². The zero-order valence-electron chi connectivity index (χ0n) is 23.9. The van der Waals surface area contributed by atoms with Crippen molar-refractivity contribution < 1.29 is 27.5 Å². The molecule has 0 bridgehead atoms. The number of nitrogens with zero attached hydrogens (tertiary/aromatic N) is 2. The Morgan fingerprint density at radius 1 is 1.10 bits per heavy atom. The van der Waals surface area contributed by atoms with Gasteiger partial charge in [0, 0.05) is 32.2 Å². The number of aryl methyl sites for hydroxylation is 2. The number of carbonyl (C=O) groups is 1. The molecule has 0 radical (unpaired) electrons. The van der Waals surface area contributed by atoms with E-state index in [-0.39, 0.29) is 29.5 Å². The van der Waals surface area contributed by atoms with Crippen molar-refractivity contribution in [1.29, 1.82) is 0 Å². The molecule has 1 aliphatic heterocycles. The molecule has 1 unspecified atom stereocenters. The van der Waals surface area contributed by atoms with Crippen LogP contribution >= 0.6 is 0 Å². The highest BCUT2D eigenvalue weighted by molar-refractivity contribution is 7.89. The van der Waals surface area contributed by atoms with Gasteiger partial charge in [-0.05, 0) is 80.0 Å². The fourth-order valence-corrected chi connectivity index (χ4v) is 7.58. The molecular formula is C31H39N3O6S. The average molecular weight is 582 g/mol. The molecular weight excluding hydrogens is 542 g/mol. The highest BCUT2D eigenvalue weighted by Gasteiger charge is 2.40.